The summed E-state index contributed by atoms with van der Waals surface area (Å²) in [4.78, 5) is 26.8. The Hall–Kier alpha value is -2.37. The summed E-state index contributed by atoms with van der Waals surface area (Å²) >= 11 is 0. The Morgan fingerprint density at radius 2 is 2.00 bits per heavy atom. The van der Waals surface area contributed by atoms with Crippen molar-refractivity contribution >= 4 is 22.8 Å². The van der Waals surface area contributed by atoms with Gasteiger partial charge in [-0.15, -0.1) is 0 Å². The van der Waals surface area contributed by atoms with Crippen molar-refractivity contribution in [3.05, 3.63) is 30.1 Å². The summed E-state index contributed by atoms with van der Waals surface area (Å²) in [5.74, 6) is -0.265. The Bertz CT molecular complexity index is 618. The first-order valence-electron chi connectivity index (χ1n) is 6.01. The lowest BCUT2D eigenvalue weighted by Crippen LogP contribution is -2.33. The molecule has 6 heteroatoms. The molecule has 1 heterocycles. The van der Waals surface area contributed by atoms with Gasteiger partial charge in [0.15, 0.2) is 0 Å². The Balaban J connectivity index is 2.00. The fourth-order valence-electron chi connectivity index (χ4n) is 1.78. The van der Waals surface area contributed by atoms with E-state index in [1.165, 1.54) is 6.92 Å². The molecule has 0 aliphatic heterocycles. The summed E-state index contributed by atoms with van der Waals surface area (Å²) in [5.41, 5.74) is 2.35. The molecular formula is C13H16N4O2. The molecule has 0 bridgehead atoms. The van der Waals surface area contributed by atoms with Crippen LogP contribution in [0.25, 0.3) is 11.0 Å². The van der Waals surface area contributed by atoms with Crippen LogP contribution in [0.5, 0.6) is 0 Å². The zero-order valence-electron chi connectivity index (χ0n) is 10.9. The summed E-state index contributed by atoms with van der Waals surface area (Å²) in [6.45, 7) is 2.27. The number of carbonyl (C=O) groups excluding carboxylic acids is 2. The molecule has 0 saturated carbocycles. The fourth-order valence-corrected chi connectivity index (χ4v) is 1.78. The van der Waals surface area contributed by atoms with Crippen molar-refractivity contribution in [1.82, 2.24) is 20.2 Å². The molecule has 2 rings (SSSR count). The molecule has 0 saturated heterocycles. The second-order valence-corrected chi connectivity index (χ2v) is 4.30. The molecule has 6 nitrogen and oxygen atoms in total. The number of hydrogen-bond donors (Lipinski definition) is 2. The molecule has 0 atom stereocenters. The number of rotatable bonds is 4. The van der Waals surface area contributed by atoms with Gasteiger partial charge in [0.1, 0.15) is 0 Å². The maximum Gasteiger partial charge on any atom is 0.251 e. The number of aromatic nitrogens is 2. The van der Waals surface area contributed by atoms with Crippen LogP contribution in [-0.4, -0.2) is 34.5 Å². The zero-order valence-corrected chi connectivity index (χ0v) is 10.9. The van der Waals surface area contributed by atoms with E-state index in [1.54, 1.807) is 18.5 Å². The smallest absolute Gasteiger partial charge is 0.251 e. The molecule has 0 spiro atoms. The lowest BCUT2D eigenvalue weighted by atomic mass is 10.2. The third-order valence-electron chi connectivity index (χ3n) is 2.77. The molecule has 2 N–H and O–H groups in total. The second-order valence-electron chi connectivity index (χ2n) is 4.30. The van der Waals surface area contributed by atoms with Gasteiger partial charge in [0.25, 0.3) is 5.91 Å². The molecular weight excluding hydrogens is 244 g/mol. The molecule has 19 heavy (non-hydrogen) atoms. The summed E-state index contributed by atoms with van der Waals surface area (Å²) < 4.78 is 1.86. The van der Waals surface area contributed by atoms with Crippen molar-refractivity contribution in [2.75, 3.05) is 13.1 Å². The highest BCUT2D eigenvalue weighted by molar-refractivity contribution is 5.97. The SMILES string of the molecule is CC(=O)NCCNC(=O)c1ccc2ncn(C)c2c1. The van der Waals surface area contributed by atoms with E-state index in [0.29, 0.717) is 18.7 Å². The van der Waals surface area contributed by atoms with Crippen molar-refractivity contribution in [3.63, 3.8) is 0 Å². The molecule has 100 valence electrons. The van der Waals surface area contributed by atoms with Gasteiger partial charge in [0, 0.05) is 32.6 Å². The Labute approximate surface area is 110 Å². The largest absolute Gasteiger partial charge is 0.355 e. The van der Waals surface area contributed by atoms with Crippen LogP contribution in [-0.2, 0) is 11.8 Å². The zero-order chi connectivity index (χ0) is 13.8. The Morgan fingerprint density at radius 3 is 2.74 bits per heavy atom. The van der Waals surface area contributed by atoms with Gasteiger partial charge in [0.05, 0.1) is 17.4 Å². The van der Waals surface area contributed by atoms with Gasteiger partial charge in [0.2, 0.25) is 5.91 Å². The van der Waals surface area contributed by atoms with Crippen LogP contribution in [0.4, 0.5) is 0 Å². The number of nitrogens with one attached hydrogen (secondary N) is 2. The summed E-state index contributed by atoms with van der Waals surface area (Å²) in [7, 11) is 1.88. The van der Waals surface area contributed by atoms with Crippen LogP contribution in [0.15, 0.2) is 24.5 Å². The van der Waals surface area contributed by atoms with Gasteiger partial charge < -0.3 is 15.2 Å². The minimum absolute atomic E-state index is 0.106. The molecule has 0 aliphatic carbocycles. The number of carbonyl (C=O) groups is 2. The first kappa shape index (κ1) is 13.1. The highest BCUT2D eigenvalue weighted by Gasteiger charge is 2.07. The quantitative estimate of drug-likeness (QED) is 0.783. The van der Waals surface area contributed by atoms with Crippen LogP contribution in [0.3, 0.4) is 0 Å². The topological polar surface area (TPSA) is 76.0 Å². The molecule has 0 radical (unpaired) electrons. The molecule has 2 aromatic rings. The first-order chi connectivity index (χ1) is 9.08. The van der Waals surface area contributed by atoms with E-state index in [-0.39, 0.29) is 11.8 Å². The lowest BCUT2D eigenvalue weighted by Gasteiger charge is -2.06. The highest BCUT2D eigenvalue weighted by atomic mass is 16.2. The average Bonchev–Trinajstić information content (AvgIpc) is 2.75. The van der Waals surface area contributed by atoms with Crippen LogP contribution >= 0.6 is 0 Å². The van der Waals surface area contributed by atoms with Crippen LogP contribution in [0.1, 0.15) is 17.3 Å². The molecule has 1 aromatic carbocycles. The van der Waals surface area contributed by atoms with Crippen molar-refractivity contribution in [1.29, 1.82) is 0 Å². The number of amides is 2. The standard InChI is InChI=1S/C13H16N4O2/c1-9(18)14-5-6-15-13(19)10-3-4-11-12(7-10)17(2)8-16-11/h3-4,7-8H,5-6H2,1-2H3,(H,14,18)(H,15,19). The van der Waals surface area contributed by atoms with Crippen LogP contribution in [0.2, 0.25) is 0 Å². The van der Waals surface area contributed by atoms with E-state index in [4.69, 9.17) is 0 Å². The highest BCUT2D eigenvalue weighted by Crippen LogP contribution is 2.13. The monoisotopic (exact) mass is 260 g/mol. The molecule has 2 amide bonds. The minimum Gasteiger partial charge on any atom is -0.355 e. The van der Waals surface area contributed by atoms with Gasteiger partial charge in [-0.3, -0.25) is 9.59 Å². The number of hydrogen-bond acceptors (Lipinski definition) is 3. The maximum absolute atomic E-state index is 11.9. The van der Waals surface area contributed by atoms with E-state index in [0.717, 1.165) is 11.0 Å². The summed E-state index contributed by atoms with van der Waals surface area (Å²) in [6, 6.07) is 5.36. The fraction of sp³-hybridized carbons (Fsp3) is 0.308. The Kier molecular flexibility index (Phi) is 3.79. The van der Waals surface area contributed by atoms with Gasteiger partial charge in [-0.1, -0.05) is 0 Å². The van der Waals surface area contributed by atoms with Crippen molar-refractivity contribution in [2.24, 2.45) is 7.05 Å². The third kappa shape index (κ3) is 3.09. The number of aryl methyl sites for hydroxylation is 1. The van der Waals surface area contributed by atoms with Gasteiger partial charge in [-0.05, 0) is 18.2 Å². The molecule has 0 fully saturated rings. The van der Waals surface area contributed by atoms with Crippen molar-refractivity contribution in [3.8, 4) is 0 Å². The van der Waals surface area contributed by atoms with E-state index < -0.39 is 0 Å². The molecule has 0 aliphatic rings. The number of imidazole rings is 1. The van der Waals surface area contributed by atoms with Gasteiger partial charge in [-0.2, -0.15) is 0 Å². The van der Waals surface area contributed by atoms with E-state index >= 15 is 0 Å². The van der Waals surface area contributed by atoms with Crippen LogP contribution < -0.4 is 10.6 Å². The predicted octanol–water partition coefficient (Wildman–Crippen LogP) is 0.439. The summed E-state index contributed by atoms with van der Waals surface area (Å²) in [5, 5.41) is 5.37. The van der Waals surface area contributed by atoms with Crippen molar-refractivity contribution in [2.45, 2.75) is 6.92 Å². The molecule has 0 unspecified atom stereocenters. The van der Waals surface area contributed by atoms with E-state index in [2.05, 4.69) is 15.6 Å². The van der Waals surface area contributed by atoms with Gasteiger partial charge in [-0.25, -0.2) is 4.98 Å². The van der Waals surface area contributed by atoms with Crippen LogP contribution in [0, 0.1) is 0 Å². The van der Waals surface area contributed by atoms with E-state index in [9.17, 15) is 9.59 Å². The average molecular weight is 260 g/mol. The summed E-state index contributed by atoms with van der Waals surface area (Å²) in [6.07, 6.45) is 1.71. The maximum atomic E-state index is 11.9. The number of benzene rings is 1. The van der Waals surface area contributed by atoms with E-state index in [1.807, 2.05) is 17.7 Å². The first-order valence-corrected chi connectivity index (χ1v) is 6.01. The van der Waals surface area contributed by atoms with Crippen molar-refractivity contribution < 1.29 is 9.59 Å². The lowest BCUT2D eigenvalue weighted by molar-refractivity contribution is -0.118. The Morgan fingerprint density at radius 1 is 1.26 bits per heavy atom. The second kappa shape index (κ2) is 5.51. The third-order valence-corrected chi connectivity index (χ3v) is 2.77. The number of fused-ring (bicyclic) bond motifs is 1. The molecule has 1 aromatic heterocycles. The number of nitrogens with zero attached hydrogens (tertiary/aromatic N) is 2. The normalized spacial score (nSPS) is 10.4. The van der Waals surface area contributed by atoms with Gasteiger partial charge >= 0.3 is 0 Å². The minimum atomic E-state index is -0.159. The predicted molar refractivity (Wildman–Crippen MR) is 71.7 cm³/mol.